The highest BCUT2D eigenvalue weighted by Gasteiger charge is 2.14. The van der Waals surface area contributed by atoms with E-state index < -0.39 is 10.0 Å². The predicted molar refractivity (Wildman–Crippen MR) is 88.3 cm³/mol. The molecule has 0 saturated heterocycles. The van der Waals surface area contributed by atoms with E-state index >= 15 is 0 Å². The summed E-state index contributed by atoms with van der Waals surface area (Å²) >= 11 is 0. The van der Waals surface area contributed by atoms with Crippen LogP contribution in [0.3, 0.4) is 0 Å². The quantitative estimate of drug-likeness (QED) is 0.756. The Morgan fingerprint density at radius 3 is 2.78 bits per heavy atom. The van der Waals surface area contributed by atoms with Crippen LogP contribution in [-0.4, -0.2) is 19.9 Å². The summed E-state index contributed by atoms with van der Waals surface area (Å²) < 4.78 is 27.1. The van der Waals surface area contributed by atoms with Crippen molar-refractivity contribution in [2.24, 2.45) is 0 Å². The second-order valence-corrected chi connectivity index (χ2v) is 6.91. The summed E-state index contributed by atoms with van der Waals surface area (Å²) in [6.07, 6.45) is 2.48. The third-order valence-electron chi connectivity index (χ3n) is 3.63. The molecule has 23 heavy (non-hydrogen) atoms. The minimum absolute atomic E-state index is 0.107. The molecule has 116 valence electrons. The molecule has 0 unspecified atom stereocenters. The van der Waals surface area contributed by atoms with Crippen LogP contribution in [0.1, 0.15) is 11.1 Å². The van der Waals surface area contributed by atoms with Crippen molar-refractivity contribution in [2.75, 3.05) is 6.54 Å². The maximum atomic E-state index is 12.3. The molecule has 1 aromatic heterocycles. The summed E-state index contributed by atoms with van der Waals surface area (Å²) in [5.74, 6) is 0. The van der Waals surface area contributed by atoms with Gasteiger partial charge >= 0.3 is 0 Å². The van der Waals surface area contributed by atoms with Gasteiger partial charge < -0.3 is 4.98 Å². The molecular weight excluding hydrogens is 310 g/mol. The molecule has 5 nitrogen and oxygen atoms in total. The maximum absolute atomic E-state index is 12.3. The number of aromatic nitrogens is 1. The lowest BCUT2D eigenvalue weighted by Crippen LogP contribution is -2.26. The van der Waals surface area contributed by atoms with E-state index in [-0.39, 0.29) is 4.90 Å². The number of H-pyrrole nitrogens is 1. The zero-order chi connectivity index (χ0) is 16.3. The monoisotopic (exact) mass is 325 g/mol. The Kier molecular flexibility index (Phi) is 4.15. The van der Waals surface area contributed by atoms with Gasteiger partial charge in [0.05, 0.1) is 16.5 Å². The lowest BCUT2D eigenvalue weighted by molar-refractivity contribution is 0.581. The van der Waals surface area contributed by atoms with Crippen LogP contribution in [-0.2, 0) is 16.4 Å². The summed E-state index contributed by atoms with van der Waals surface area (Å²) in [6.45, 7) is 0.293. The van der Waals surface area contributed by atoms with Crippen LogP contribution in [0.5, 0.6) is 0 Å². The Bertz CT molecular complexity index is 984. The molecule has 0 atom stereocenters. The Hall–Kier alpha value is -2.62. The van der Waals surface area contributed by atoms with Gasteiger partial charge in [-0.2, -0.15) is 5.26 Å². The van der Waals surface area contributed by atoms with Gasteiger partial charge in [-0.1, -0.05) is 24.3 Å². The van der Waals surface area contributed by atoms with E-state index in [4.69, 9.17) is 5.26 Å². The molecular formula is C17H15N3O2S. The second-order valence-electron chi connectivity index (χ2n) is 5.15. The summed E-state index contributed by atoms with van der Waals surface area (Å²) in [5.41, 5.74) is 2.42. The first-order valence-corrected chi connectivity index (χ1v) is 8.63. The van der Waals surface area contributed by atoms with Gasteiger partial charge in [-0.05, 0) is 36.2 Å². The Balaban J connectivity index is 1.71. The van der Waals surface area contributed by atoms with Crippen molar-refractivity contribution in [3.63, 3.8) is 0 Å². The van der Waals surface area contributed by atoms with Gasteiger partial charge in [-0.3, -0.25) is 0 Å². The minimum atomic E-state index is -3.61. The van der Waals surface area contributed by atoms with Crippen molar-refractivity contribution in [2.45, 2.75) is 11.3 Å². The normalized spacial score (nSPS) is 11.4. The topological polar surface area (TPSA) is 85.8 Å². The van der Waals surface area contributed by atoms with Crippen molar-refractivity contribution in [3.05, 3.63) is 65.9 Å². The third kappa shape index (κ3) is 3.26. The molecule has 0 aliphatic heterocycles. The molecule has 2 N–H and O–H groups in total. The largest absolute Gasteiger partial charge is 0.361 e. The number of hydrogen-bond donors (Lipinski definition) is 2. The Morgan fingerprint density at radius 2 is 1.96 bits per heavy atom. The molecule has 6 heteroatoms. The van der Waals surface area contributed by atoms with Crippen molar-refractivity contribution >= 4 is 20.9 Å². The molecule has 0 radical (unpaired) electrons. The molecule has 0 aliphatic carbocycles. The molecule has 3 rings (SSSR count). The molecule has 3 aromatic rings. The lowest BCUT2D eigenvalue weighted by Gasteiger charge is -2.06. The summed E-state index contributed by atoms with van der Waals surface area (Å²) in [7, 11) is -3.61. The molecule has 0 saturated carbocycles. The van der Waals surface area contributed by atoms with Crippen molar-refractivity contribution in [1.82, 2.24) is 9.71 Å². The Morgan fingerprint density at radius 1 is 1.13 bits per heavy atom. The van der Waals surface area contributed by atoms with E-state index in [1.54, 1.807) is 12.1 Å². The smallest absolute Gasteiger partial charge is 0.240 e. The number of para-hydroxylation sites is 1. The molecule has 0 fully saturated rings. The fourth-order valence-electron chi connectivity index (χ4n) is 2.47. The van der Waals surface area contributed by atoms with Gasteiger partial charge in [0.1, 0.15) is 0 Å². The van der Waals surface area contributed by atoms with Crippen LogP contribution in [0.25, 0.3) is 10.9 Å². The van der Waals surface area contributed by atoms with Gasteiger partial charge in [0, 0.05) is 23.6 Å². The van der Waals surface area contributed by atoms with Gasteiger partial charge in [-0.15, -0.1) is 0 Å². The second kappa shape index (κ2) is 6.24. The lowest BCUT2D eigenvalue weighted by atomic mass is 10.1. The highest BCUT2D eigenvalue weighted by Crippen LogP contribution is 2.18. The maximum Gasteiger partial charge on any atom is 0.240 e. The number of aromatic amines is 1. The molecule has 0 aliphatic rings. The molecule has 0 spiro atoms. The highest BCUT2D eigenvalue weighted by molar-refractivity contribution is 7.89. The number of hydrogen-bond acceptors (Lipinski definition) is 3. The van der Waals surface area contributed by atoms with Gasteiger partial charge in [-0.25, -0.2) is 13.1 Å². The van der Waals surface area contributed by atoms with Crippen LogP contribution in [0.2, 0.25) is 0 Å². The van der Waals surface area contributed by atoms with Crippen LogP contribution in [0.4, 0.5) is 0 Å². The predicted octanol–water partition coefficient (Wildman–Crippen LogP) is 2.56. The van der Waals surface area contributed by atoms with E-state index in [2.05, 4.69) is 9.71 Å². The number of rotatable bonds is 5. The molecule has 0 amide bonds. The summed E-state index contributed by atoms with van der Waals surface area (Å²) in [4.78, 5) is 3.28. The molecule has 2 aromatic carbocycles. The standard InChI is InChI=1S/C17H15N3O2S/c18-11-13-4-3-5-15(10-13)23(21,22)20-9-8-14-12-19-17-7-2-1-6-16(14)17/h1-7,10,12,19-20H,8-9H2. The first-order chi connectivity index (χ1) is 11.1. The number of fused-ring (bicyclic) bond motifs is 1. The van der Waals surface area contributed by atoms with Crippen LogP contribution in [0, 0.1) is 11.3 Å². The fraction of sp³-hybridized carbons (Fsp3) is 0.118. The molecule has 0 bridgehead atoms. The van der Waals surface area contributed by atoms with Crippen LogP contribution >= 0.6 is 0 Å². The number of nitrogens with zero attached hydrogens (tertiary/aromatic N) is 1. The number of sulfonamides is 1. The van der Waals surface area contributed by atoms with Crippen LogP contribution < -0.4 is 4.72 Å². The fourth-order valence-corrected chi connectivity index (χ4v) is 3.55. The first-order valence-electron chi connectivity index (χ1n) is 7.15. The van der Waals surface area contributed by atoms with E-state index in [0.717, 1.165) is 16.5 Å². The SMILES string of the molecule is N#Cc1cccc(S(=O)(=O)NCCc2c[nH]c3ccccc23)c1. The summed E-state index contributed by atoms with van der Waals surface area (Å²) in [6, 6.07) is 15.8. The number of nitrogens with one attached hydrogen (secondary N) is 2. The van der Waals surface area contributed by atoms with Crippen molar-refractivity contribution < 1.29 is 8.42 Å². The van der Waals surface area contributed by atoms with E-state index in [0.29, 0.717) is 18.5 Å². The average molecular weight is 325 g/mol. The number of benzene rings is 2. The number of nitriles is 1. The van der Waals surface area contributed by atoms with Gasteiger partial charge in [0.2, 0.25) is 10.0 Å². The van der Waals surface area contributed by atoms with Crippen molar-refractivity contribution in [1.29, 1.82) is 5.26 Å². The first kappa shape index (κ1) is 15.3. The van der Waals surface area contributed by atoms with Crippen molar-refractivity contribution in [3.8, 4) is 6.07 Å². The summed E-state index contributed by atoms with van der Waals surface area (Å²) in [5, 5.41) is 9.96. The van der Waals surface area contributed by atoms with Gasteiger partial charge in [0.15, 0.2) is 0 Å². The highest BCUT2D eigenvalue weighted by atomic mass is 32.2. The van der Waals surface area contributed by atoms with Gasteiger partial charge in [0.25, 0.3) is 0 Å². The van der Waals surface area contributed by atoms with E-state index in [1.807, 2.05) is 36.5 Å². The van der Waals surface area contributed by atoms with E-state index in [9.17, 15) is 8.42 Å². The van der Waals surface area contributed by atoms with E-state index in [1.165, 1.54) is 12.1 Å². The average Bonchev–Trinajstić information content (AvgIpc) is 2.98. The zero-order valence-corrected chi connectivity index (χ0v) is 13.1. The minimum Gasteiger partial charge on any atom is -0.361 e. The third-order valence-corrected chi connectivity index (χ3v) is 5.09. The zero-order valence-electron chi connectivity index (χ0n) is 12.3. The Labute approximate surface area is 134 Å². The molecule has 1 heterocycles. The van der Waals surface area contributed by atoms with Crippen LogP contribution in [0.15, 0.2) is 59.6 Å².